The van der Waals surface area contributed by atoms with Crippen molar-refractivity contribution in [3.8, 4) is 0 Å². The van der Waals surface area contributed by atoms with Gasteiger partial charge in [0.15, 0.2) is 0 Å². The molecule has 130 valence electrons. The molecule has 1 atom stereocenters. The Bertz CT molecular complexity index is 756. The van der Waals surface area contributed by atoms with E-state index in [1.54, 1.807) is 0 Å². The third kappa shape index (κ3) is 3.39. The molecule has 0 N–H and O–H groups in total. The summed E-state index contributed by atoms with van der Waals surface area (Å²) in [6.07, 6.45) is 5.22. The Morgan fingerprint density at radius 1 is 1.12 bits per heavy atom. The number of hydrogen-bond donors (Lipinski definition) is 0. The molecule has 2 aliphatic rings. The highest BCUT2D eigenvalue weighted by molar-refractivity contribution is 5.92. The number of carbonyl (C=O) groups excluding carboxylic acids is 1. The molecule has 1 unspecified atom stereocenters. The molecule has 4 nitrogen and oxygen atoms in total. The van der Waals surface area contributed by atoms with E-state index < -0.39 is 0 Å². The summed E-state index contributed by atoms with van der Waals surface area (Å²) in [5.74, 6) is 0.660. The number of likely N-dealkylation sites (tertiary alicyclic amines) is 1. The molecular weight excluding hydrogens is 310 g/mol. The Hall–Kier alpha value is -2.36. The van der Waals surface area contributed by atoms with Gasteiger partial charge in [0.25, 0.3) is 5.91 Å². The van der Waals surface area contributed by atoms with Crippen molar-refractivity contribution in [3.63, 3.8) is 0 Å². The molecule has 1 amide bonds. The molecule has 2 aliphatic heterocycles. The van der Waals surface area contributed by atoms with Gasteiger partial charge >= 0.3 is 0 Å². The number of nitrogens with zero attached hydrogens (tertiary/aromatic N) is 3. The van der Waals surface area contributed by atoms with E-state index >= 15 is 0 Å². The molecule has 1 aromatic heterocycles. The minimum atomic E-state index is 0.0714. The molecular formula is C21H25N3O. The molecule has 4 rings (SSSR count). The second kappa shape index (κ2) is 6.87. The van der Waals surface area contributed by atoms with E-state index in [4.69, 9.17) is 0 Å². The van der Waals surface area contributed by atoms with Gasteiger partial charge in [0.1, 0.15) is 5.69 Å². The molecule has 4 heteroatoms. The van der Waals surface area contributed by atoms with Crippen LogP contribution in [0.25, 0.3) is 0 Å². The lowest BCUT2D eigenvalue weighted by molar-refractivity contribution is 0.0677. The van der Waals surface area contributed by atoms with Crippen LogP contribution < -0.4 is 4.90 Å². The zero-order valence-electron chi connectivity index (χ0n) is 14.8. The van der Waals surface area contributed by atoms with E-state index in [9.17, 15) is 4.79 Å². The molecule has 2 aromatic rings. The lowest BCUT2D eigenvalue weighted by atomic mass is 9.99. The van der Waals surface area contributed by atoms with Crippen molar-refractivity contribution in [1.82, 2.24) is 9.88 Å². The first kappa shape index (κ1) is 16.1. The highest BCUT2D eigenvalue weighted by Gasteiger charge is 2.23. The summed E-state index contributed by atoms with van der Waals surface area (Å²) in [5.41, 5.74) is 4.49. The van der Waals surface area contributed by atoms with Crippen molar-refractivity contribution >= 4 is 11.6 Å². The SMILES string of the molecule is CC1CCCN(C(=O)c2ccc(N3CCc4ccccc4C3)cn2)C1. The van der Waals surface area contributed by atoms with Crippen LogP contribution in [0.5, 0.6) is 0 Å². The predicted molar refractivity (Wildman–Crippen MR) is 99.7 cm³/mol. The van der Waals surface area contributed by atoms with Crippen molar-refractivity contribution in [3.05, 3.63) is 59.4 Å². The number of benzene rings is 1. The monoisotopic (exact) mass is 335 g/mol. The van der Waals surface area contributed by atoms with E-state index in [2.05, 4.69) is 41.1 Å². The Labute approximate surface area is 149 Å². The molecule has 1 aromatic carbocycles. The van der Waals surface area contributed by atoms with Gasteiger partial charge in [-0.1, -0.05) is 31.2 Å². The zero-order valence-corrected chi connectivity index (χ0v) is 14.8. The molecule has 25 heavy (non-hydrogen) atoms. The van der Waals surface area contributed by atoms with E-state index in [1.807, 2.05) is 23.2 Å². The average Bonchev–Trinajstić information content (AvgIpc) is 2.67. The number of carbonyl (C=O) groups is 1. The number of hydrogen-bond acceptors (Lipinski definition) is 3. The molecule has 1 saturated heterocycles. The number of rotatable bonds is 2. The number of piperidine rings is 1. The largest absolute Gasteiger partial charge is 0.366 e. The maximum absolute atomic E-state index is 12.6. The van der Waals surface area contributed by atoms with E-state index in [0.29, 0.717) is 11.6 Å². The summed E-state index contributed by atoms with van der Waals surface area (Å²) in [7, 11) is 0. The fourth-order valence-corrected chi connectivity index (χ4v) is 3.95. The van der Waals surface area contributed by atoms with Crippen LogP contribution in [0.3, 0.4) is 0 Å². The third-order valence-electron chi connectivity index (χ3n) is 5.41. The highest BCUT2D eigenvalue weighted by Crippen LogP contribution is 2.24. The minimum absolute atomic E-state index is 0.0714. The molecule has 0 radical (unpaired) electrons. The highest BCUT2D eigenvalue weighted by atomic mass is 16.2. The fourth-order valence-electron chi connectivity index (χ4n) is 3.95. The van der Waals surface area contributed by atoms with Crippen LogP contribution in [0.4, 0.5) is 5.69 Å². The van der Waals surface area contributed by atoms with Crippen LogP contribution in [0.15, 0.2) is 42.6 Å². The molecule has 0 aliphatic carbocycles. The van der Waals surface area contributed by atoms with Gasteiger partial charge in [0.05, 0.1) is 11.9 Å². The Balaban J connectivity index is 1.46. The zero-order chi connectivity index (χ0) is 17.2. The Kier molecular flexibility index (Phi) is 4.43. The van der Waals surface area contributed by atoms with Crippen molar-refractivity contribution in [1.29, 1.82) is 0 Å². The van der Waals surface area contributed by atoms with Crippen LogP contribution in [-0.2, 0) is 13.0 Å². The smallest absolute Gasteiger partial charge is 0.272 e. The normalized spacial score (nSPS) is 20.3. The van der Waals surface area contributed by atoms with Crippen LogP contribution in [0.2, 0.25) is 0 Å². The fraction of sp³-hybridized carbons (Fsp3) is 0.429. The van der Waals surface area contributed by atoms with Gasteiger partial charge in [-0.2, -0.15) is 0 Å². The van der Waals surface area contributed by atoms with Crippen LogP contribution in [0.1, 0.15) is 41.4 Å². The van der Waals surface area contributed by atoms with Crippen molar-refractivity contribution in [2.75, 3.05) is 24.5 Å². The lowest BCUT2D eigenvalue weighted by Gasteiger charge is -2.31. The standard InChI is InChI=1S/C21H25N3O/c1-16-5-4-11-24(14-16)21(25)20-9-8-19(13-22-20)23-12-10-17-6-2-3-7-18(17)15-23/h2-3,6-9,13,16H,4-5,10-12,14-15H2,1H3. The molecule has 0 bridgehead atoms. The number of amides is 1. The number of fused-ring (bicyclic) bond motifs is 1. The van der Waals surface area contributed by atoms with Gasteiger partial charge in [-0.05, 0) is 48.4 Å². The average molecular weight is 335 g/mol. The summed E-state index contributed by atoms with van der Waals surface area (Å²) in [6.45, 7) is 5.83. The van der Waals surface area contributed by atoms with Crippen molar-refractivity contribution < 1.29 is 4.79 Å². The quantitative estimate of drug-likeness (QED) is 0.842. The topological polar surface area (TPSA) is 36.4 Å². The van der Waals surface area contributed by atoms with Crippen LogP contribution in [0, 0.1) is 5.92 Å². The molecule has 0 saturated carbocycles. The third-order valence-corrected chi connectivity index (χ3v) is 5.41. The first-order valence-corrected chi connectivity index (χ1v) is 9.28. The maximum Gasteiger partial charge on any atom is 0.272 e. The van der Waals surface area contributed by atoms with Gasteiger partial charge in [-0.25, -0.2) is 4.98 Å². The van der Waals surface area contributed by atoms with Gasteiger partial charge < -0.3 is 9.80 Å². The van der Waals surface area contributed by atoms with Crippen molar-refractivity contribution in [2.24, 2.45) is 5.92 Å². The summed E-state index contributed by atoms with van der Waals surface area (Å²) in [4.78, 5) is 21.4. The second-order valence-electron chi connectivity index (χ2n) is 7.34. The summed E-state index contributed by atoms with van der Waals surface area (Å²) < 4.78 is 0. The van der Waals surface area contributed by atoms with E-state index in [1.165, 1.54) is 17.5 Å². The summed E-state index contributed by atoms with van der Waals surface area (Å²) >= 11 is 0. The summed E-state index contributed by atoms with van der Waals surface area (Å²) in [6, 6.07) is 12.6. The van der Waals surface area contributed by atoms with Gasteiger partial charge in [0, 0.05) is 26.2 Å². The molecule has 1 fully saturated rings. The summed E-state index contributed by atoms with van der Waals surface area (Å²) in [5, 5.41) is 0. The second-order valence-corrected chi connectivity index (χ2v) is 7.34. The first-order valence-electron chi connectivity index (χ1n) is 9.28. The number of anilines is 1. The van der Waals surface area contributed by atoms with Gasteiger partial charge in [-0.3, -0.25) is 4.79 Å². The van der Waals surface area contributed by atoms with E-state index in [-0.39, 0.29) is 5.91 Å². The van der Waals surface area contributed by atoms with Gasteiger partial charge in [0.2, 0.25) is 0 Å². The minimum Gasteiger partial charge on any atom is -0.366 e. The van der Waals surface area contributed by atoms with Crippen LogP contribution >= 0.6 is 0 Å². The van der Waals surface area contributed by atoms with Gasteiger partial charge in [-0.15, -0.1) is 0 Å². The molecule has 3 heterocycles. The Morgan fingerprint density at radius 3 is 2.72 bits per heavy atom. The van der Waals surface area contributed by atoms with Crippen molar-refractivity contribution in [2.45, 2.75) is 32.7 Å². The predicted octanol–water partition coefficient (Wildman–Crippen LogP) is 3.52. The lowest BCUT2D eigenvalue weighted by Crippen LogP contribution is -2.39. The number of pyridine rings is 1. The molecule has 0 spiro atoms. The number of aromatic nitrogens is 1. The van der Waals surface area contributed by atoms with Crippen LogP contribution in [-0.4, -0.2) is 35.4 Å². The van der Waals surface area contributed by atoms with E-state index in [0.717, 1.165) is 44.7 Å². The first-order chi connectivity index (χ1) is 12.2. The Morgan fingerprint density at radius 2 is 1.96 bits per heavy atom. The maximum atomic E-state index is 12.6.